The van der Waals surface area contributed by atoms with E-state index in [1.807, 2.05) is 38.1 Å². The minimum absolute atomic E-state index is 0.101. The molecule has 6 nitrogen and oxygen atoms in total. The Balaban J connectivity index is 1.78. The summed E-state index contributed by atoms with van der Waals surface area (Å²) in [6, 6.07) is 13.9. The third kappa shape index (κ3) is 4.21. The Morgan fingerprint density at radius 2 is 1.97 bits per heavy atom. The molecule has 1 N–H and O–H groups in total. The highest BCUT2D eigenvalue weighted by molar-refractivity contribution is 6.46. The molecule has 0 radical (unpaired) electrons. The molecule has 162 valence electrons. The molecule has 2 heterocycles. The second-order valence-electron chi connectivity index (χ2n) is 7.96. The van der Waals surface area contributed by atoms with Crippen LogP contribution in [0.3, 0.4) is 0 Å². The molecule has 4 rings (SSSR count). The Hall–Kier alpha value is -3.12. The van der Waals surface area contributed by atoms with Crippen LogP contribution in [-0.4, -0.2) is 47.6 Å². The summed E-state index contributed by atoms with van der Waals surface area (Å²) < 4.78 is 11.2. The Kier molecular flexibility index (Phi) is 6.09. The number of likely N-dealkylation sites (tertiary alicyclic amines) is 1. The Labute approximate surface area is 182 Å². The Morgan fingerprint density at radius 3 is 2.61 bits per heavy atom. The summed E-state index contributed by atoms with van der Waals surface area (Å²) in [6.45, 7) is 5.37. The zero-order valence-electron chi connectivity index (χ0n) is 17.8. The van der Waals surface area contributed by atoms with E-state index in [-0.39, 0.29) is 17.4 Å². The summed E-state index contributed by atoms with van der Waals surface area (Å²) in [4.78, 5) is 27.6. The molecule has 2 atom stereocenters. The lowest BCUT2D eigenvalue weighted by Crippen LogP contribution is -2.36. The van der Waals surface area contributed by atoms with Gasteiger partial charge in [0.05, 0.1) is 24.3 Å². The molecule has 2 aliphatic rings. The predicted molar refractivity (Wildman–Crippen MR) is 117 cm³/mol. The zero-order chi connectivity index (χ0) is 22.0. The number of benzene rings is 2. The molecular weight excluding hydrogens is 394 g/mol. The van der Waals surface area contributed by atoms with Gasteiger partial charge < -0.3 is 19.5 Å². The van der Waals surface area contributed by atoms with Crippen LogP contribution in [0.1, 0.15) is 42.5 Å². The first-order valence-electron chi connectivity index (χ1n) is 10.7. The van der Waals surface area contributed by atoms with E-state index in [4.69, 9.17) is 9.47 Å². The van der Waals surface area contributed by atoms with E-state index in [1.54, 1.807) is 29.2 Å². The SMILES string of the molecule is CCOc1ccc(/C(O)=C2/C(=O)C(=O)N(CC3CCCO3)C2c2cccc(C)c2)cc1. The number of hydrogen-bond acceptors (Lipinski definition) is 5. The number of amides is 1. The third-order valence-electron chi connectivity index (χ3n) is 5.76. The normalized spacial score (nSPS) is 22.8. The van der Waals surface area contributed by atoms with Crippen molar-refractivity contribution in [2.75, 3.05) is 19.8 Å². The van der Waals surface area contributed by atoms with Gasteiger partial charge in [-0.05, 0) is 56.5 Å². The number of rotatable bonds is 6. The van der Waals surface area contributed by atoms with E-state index in [0.29, 0.717) is 31.1 Å². The van der Waals surface area contributed by atoms with E-state index in [2.05, 4.69) is 0 Å². The maximum absolute atomic E-state index is 13.1. The van der Waals surface area contributed by atoms with Crippen LogP contribution < -0.4 is 4.74 Å². The van der Waals surface area contributed by atoms with Crippen LogP contribution in [0, 0.1) is 6.92 Å². The molecule has 2 saturated heterocycles. The lowest BCUT2D eigenvalue weighted by molar-refractivity contribution is -0.140. The average Bonchev–Trinajstić information content (AvgIpc) is 3.36. The largest absolute Gasteiger partial charge is 0.507 e. The first kappa shape index (κ1) is 21.1. The van der Waals surface area contributed by atoms with Gasteiger partial charge in [-0.15, -0.1) is 0 Å². The smallest absolute Gasteiger partial charge is 0.295 e. The number of hydrogen-bond donors (Lipinski definition) is 1. The molecule has 0 aliphatic carbocycles. The molecule has 2 aromatic rings. The quantitative estimate of drug-likeness (QED) is 0.434. The molecule has 2 aliphatic heterocycles. The van der Waals surface area contributed by atoms with Gasteiger partial charge in [-0.25, -0.2) is 0 Å². The van der Waals surface area contributed by atoms with Gasteiger partial charge in [0, 0.05) is 18.7 Å². The number of ketones is 1. The highest BCUT2D eigenvalue weighted by Gasteiger charge is 2.47. The van der Waals surface area contributed by atoms with E-state index in [9.17, 15) is 14.7 Å². The van der Waals surface area contributed by atoms with Crippen LogP contribution in [0.2, 0.25) is 0 Å². The molecule has 2 fully saturated rings. The van der Waals surface area contributed by atoms with Crippen molar-refractivity contribution in [1.82, 2.24) is 4.90 Å². The standard InChI is InChI=1S/C25H27NO5/c1-3-30-19-11-9-17(10-12-19)23(27)21-22(18-7-4-6-16(2)14-18)26(25(29)24(21)28)15-20-8-5-13-31-20/h4,6-7,9-12,14,20,22,27H,3,5,8,13,15H2,1-2H3/b23-21-. The number of ether oxygens (including phenoxy) is 2. The second-order valence-corrected chi connectivity index (χ2v) is 7.96. The fraction of sp³-hybridized carbons (Fsp3) is 0.360. The number of aryl methyl sites for hydroxylation is 1. The van der Waals surface area contributed by atoms with E-state index in [0.717, 1.165) is 24.0 Å². The summed E-state index contributed by atoms with van der Waals surface area (Å²) in [5, 5.41) is 11.1. The van der Waals surface area contributed by atoms with Crippen LogP contribution in [0.25, 0.3) is 5.76 Å². The predicted octanol–water partition coefficient (Wildman–Crippen LogP) is 3.99. The van der Waals surface area contributed by atoms with Crippen LogP contribution in [-0.2, 0) is 14.3 Å². The van der Waals surface area contributed by atoms with Gasteiger partial charge in [0.2, 0.25) is 0 Å². The van der Waals surface area contributed by atoms with Crippen LogP contribution in [0.15, 0.2) is 54.1 Å². The lowest BCUT2D eigenvalue weighted by Gasteiger charge is -2.27. The van der Waals surface area contributed by atoms with Gasteiger partial charge >= 0.3 is 0 Å². The first-order valence-corrected chi connectivity index (χ1v) is 10.7. The maximum Gasteiger partial charge on any atom is 0.295 e. The van der Waals surface area contributed by atoms with Crippen molar-refractivity contribution >= 4 is 17.4 Å². The zero-order valence-corrected chi connectivity index (χ0v) is 17.8. The molecule has 6 heteroatoms. The van der Waals surface area contributed by atoms with Crippen molar-refractivity contribution in [2.24, 2.45) is 0 Å². The van der Waals surface area contributed by atoms with Gasteiger partial charge in [-0.2, -0.15) is 0 Å². The summed E-state index contributed by atoms with van der Waals surface area (Å²) in [7, 11) is 0. The van der Waals surface area contributed by atoms with Crippen molar-refractivity contribution in [1.29, 1.82) is 0 Å². The van der Waals surface area contributed by atoms with Gasteiger partial charge in [0.15, 0.2) is 0 Å². The van der Waals surface area contributed by atoms with E-state index >= 15 is 0 Å². The van der Waals surface area contributed by atoms with Crippen molar-refractivity contribution in [3.8, 4) is 5.75 Å². The van der Waals surface area contributed by atoms with Gasteiger partial charge in [-0.3, -0.25) is 9.59 Å². The highest BCUT2D eigenvalue weighted by Crippen LogP contribution is 2.40. The first-order chi connectivity index (χ1) is 15.0. The molecule has 0 aromatic heterocycles. The summed E-state index contributed by atoms with van der Waals surface area (Å²) >= 11 is 0. The molecule has 1 amide bonds. The maximum atomic E-state index is 13.1. The summed E-state index contributed by atoms with van der Waals surface area (Å²) in [5.74, 6) is -0.777. The minimum atomic E-state index is -0.670. The van der Waals surface area contributed by atoms with E-state index < -0.39 is 17.7 Å². The number of carbonyl (C=O) groups excluding carboxylic acids is 2. The number of aliphatic hydroxyl groups is 1. The van der Waals surface area contributed by atoms with Crippen molar-refractivity contribution < 1.29 is 24.2 Å². The monoisotopic (exact) mass is 421 g/mol. The van der Waals surface area contributed by atoms with Crippen molar-refractivity contribution in [3.05, 3.63) is 70.8 Å². The highest BCUT2D eigenvalue weighted by atomic mass is 16.5. The molecule has 2 aromatic carbocycles. The molecule has 2 unspecified atom stereocenters. The molecule has 0 bridgehead atoms. The topological polar surface area (TPSA) is 76.1 Å². The van der Waals surface area contributed by atoms with Gasteiger partial charge in [0.25, 0.3) is 11.7 Å². The minimum Gasteiger partial charge on any atom is -0.507 e. The van der Waals surface area contributed by atoms with Crippen LogP contribution >= 0.6 is 0 Å². The molecule has 0 spiro atoms. The van der Waals surface area contributed by atoms with E-state index in [1.165, 1.54) is 0 Å². The van der Waals surface area contributed by atoms with Gasteiger partial charge in [0.1, 0.15) is 11.5 Å². The number of Topliss-reactive ketones (excluding diaryl/α,β-unsaturated/α-hetero) is 1. The summed E-state index contributed by atoms with van der Waals surface area (Å²) in [5.41, 5.74) is 2.39. The number of carbonyl (C=O) groups is 2. The second kappa shape index (κ2) is 8.94. The molecule has 31 heavy (non-hydrogen) atoms. The van der Waals surface area contributed by atoms with Crippen LogP contribution in [0.4, 0.5) is 0 Å². The number of aliphatic hydroxyl groups excluding tert-OH is 1. The fourth-order valence-electron chi connectivity index (χ4n) is 4.29. The number of nitrogens with zero attached hydrogens (tertiary/aromatic N) is 1. The fourth-order valence-corrected chi connectivity index (χ4v) is 4.29. The lowest BCUT2D eigenvalue weighted by atomic mass is 9.94. The average molecular weight is 421 g/mol. The third-order valence-corrected chi connectivity index (χ3v) is 5.76. The Bertz CT molecular complexity index is 1000. The van der Waals surface area contributed by atoms with Crippen molar-refractivity contribution in [2.45, 2.75) is 38.8 Å². The van der Waals surface area contributed by atoms with Crippen LogP contribution in [0.5, 0.6) is 5.75 Å². The molecular formula is C25H27NO5. The van der Waals surface area contributed by atoms with Crippen molar-refractivity contribution in [3.63, 3.8) is 0 Å². The van der Waals surface area contributed by atoms with Gasteiger partial charge in [-0.1, -0.05) is 29.8 Å². The summed E-state index contributed by atoms with van der Waals surface area (Å²) in [6.07, 6.45) is 1.69. The Morgan fingerprint density at radius 1 is 1.19 bits per heavy atom. The molecule has 0 saturated carbocycles.